The first-order chi connectivity index (χ1) is 11.5. The second-order valence-electron chi connectivity index (χ2n) is 5.58. The van der Waals surface area contributed by atoms with Crippen molar-refractivity contribution >= 4 is 28.1 Å². The summed E-state index contributed by atoms with van der Waals surface area (Å²) in [5.74, 6) is -0.501. The highest BCUT2D eigenvalue weighted by Gasteiger charge is 2.09. The zero-order valence-electron chi connectivity index (χ0n) is 13.5. The Bertz CT molecular complexity index is 869. The summed E-state index contributed by atoms with van der Waals surface area (Å²) in [5.41, 5.74) is 3.52. The summed E-state index contributed by atoms with van der Waals surface area (Å²) in [6.07, 6.45) is 3.79. The van der Waals surface area contributed by atoms with Gasteiger partial charge < -0.3 is 10.6 Å². The zero-order chi connectivity index (χ0) is 17.1. The van der Waals surface area contributed by atoms with Crippen LogP contribution in [0.2, 0.25) is 0 Å². The molecule has 0 saturated heterocycles. The van der Waals surface area contributed by atoms with Crippen molar-refractivity contribution in [2.75, 3.05) is 6.54 Å². The Morgan fingerprint density at radius 1 is 1.21 bits per heavy atom. The van der Waals surface area contributed by atoms with Gasteiger partial charge in [-0.05, 0) is 37.1 Å². The fraction of sp³-hybridized carbons (Fsp3) is 0.235. The first-order valence-corrected chi connectivity index (χ1v) is 8.44. The number of carbonyl (C=O) groups excluding carboxylic acids is 2. The predicted molar refractivity (Wildman–Crippen MR) is 93.2 cm³/mol. The number of fused-ring (bicyclic) bond motifs is 1. The molecule has 2 amide bonds. The molecule has 3 aromatic rings. The maximum atomic E-state index is 12.1. The van der Waals surface area contributed by atoms with Crippen molar-refractivity contribution in [3.63, 3.8) is 0 Å². The molecule has 24 heavy (non-hydrogen) atoms. The van der Waals surface area contributed by atoms with Crippen LogP contribution >= 0.6 is 11.3 Å². The molecule has 0 atom stereocenters. The number of thiazole rings is 1. The van der Waals surface area contributed by atoms with Crippen LogP contribution in [0.1, 0.15) is 27.2 Å². The minimum atomic E-state index is -0.254. The van der Waals surface area contributed by atoms with Crippen LogP contribution in [0.4, 0.5) is 0 Å². The molecule has 3 rings (SSSR count). The highest BCUT2D eigenvalue weighted by atomic mass is 32.1. The number of aryl methyl sites for hydroxylation is 2. The van der Waals surface area contributed by atoms with E-state index in [1.165, 1.54) is 11.3 Å². The smallest absolute Gasteiger partial charge is 0.251 e. The van der Waals surface area contributed by atoms with Crippen LogP contribution in [0.25, 0.3) is 4.96 Å². The van der Waals surface area contributed by atoms with Gasteiger partial charge in [-0.3, -0.25) is 14.0 Å². The Morgan fingerprint density at radius 2 is 2.04 bits per heavy atom. The van der Waals surface area contributed by atoms with Gasteiger partial charge in [-0.15, -0.1) is 11.3 Å². The minimum absolute atomic E-state index is 0.0615. The predicted octanol–water partition coefficient (Wildman–Crippen LogP) is 2.06. The fourth-order valence-corrected chi connectivity index (χ4v) is 2.98. The number of carbonyl (C=O) groups is 2. The number of amides is 2. The number of aromatic nitrogens is 2. The summed E-state index contributed by atoms with van der Waals surface area (Å²) in [5, 5.41) is 7.33. The van der Waals surface area contributed by atoms with E-state index in [2.05, 4.69) is 15.6 Å². The molecule has 0 aliphatic rings. The van der Waals surface area contributed by atoms with Crippen LogP contribution in [-0.2, 0) is 11.3 Å². The van der Waals surface area contributed by atoms with E-state index in [4.69, 9.17) is 0 Å². The number of hydrogen-bond acceptors (Lipinski definition) is 4. The number of hydrogen-bond donors (Lipinski definition) is 2. The van der Waals surface area contributed by atoms with Gasteiger partial charge in [-0.2, -0.15) is 0 Å². The third-order valence-corrected chi connectivity index (χ3v) is 4.56. The first kappa shape index (κ1) is 16.2. The van der Waals surface area contributed by atoms with E-state index < -0.39 is 0 Å². The number of nitrogens with zero attached hydrogens (tertiary/aromatic N) is 2. The zero-order valence-corrected chi connectivity index (χ0v) is 14.3. The molecule has 0 spiro atoms. The van der Waals surface area contributed by atoms with Crippen molar-refractivity contribution < 1.29 is 9.59 Å². The van der Waals surface area contributed by atoms with E-state index in [-0.39, 0.29) is 18.4 Å². The maximum Gasteiger partial charge on any atom is 0.251 e. The van der Waals surface area contributed by atoms with Gasteiger partial charge in [0, 0.05) is 23.3 Å². The van der Waals surface area contributed by atoms with Gasteiger partial charge in [0.15, 0.2) is 4.96 Å². The lowest BCUT2D eigenvalue weighted by atomic mass is 10.1. The summed E-state index contributed by atoms with van der Waals surface area (Å²) in [6, 6.07) is 5.47. The van der Waals surface area contributed by atoms with Gasteiger partial charge in [0.05, 0.1) is 18.8 Å². The van der Waals surface area contributed by atoms with Crippen molar-refractivity contribution in [1.82, 2.24) is 20.0 Å². The molecule has 0 aliphatic carbocycles. The van der Waals surface area contributed by atoms with E-state index in [1.54, 1.807) is 6.07 Å². The Morgan fingerprint density at radius 3 is 2.79 bits per heavy atom. The van der Waals surface area contributed by atoms with Crippen molar-refractivity contribution in [1.29, 1.82) is 0 Å². The summed E-state index contributed by atoms with van der Waals surface area (Å²) in [4.78, 5) is 29.2. The van der Waals surface area contributed by atoms with E-state index in [0.717, 1.165) is 21.8 Å². The topological polar surface area (TPSA) is 75.5 Å². The quantitative estimate of drug-likeness (QED) is 0.745. The molecule has 6 nitrogen and oxygen atoms in total. The van der Waals surface area contributed by atoms with Crippen LogP contribution < -0.4 is 10.6 Å². The number of nitrogens with one attached hydrogen (secondary N) is 2. The Labute approximate surface area is 143 Å². The number of imidazole rings is 1. The van der Waals surface area contributed by atoms with Crippen molar-refractivity contribution in [3.8, 4) is 0 Å². The summed E-state index contributed by atoms with van der Waals surface area (Å²) in [6.45, 7) is 4.22. The second-order valence-corrected chi connectivity index (χ2v) is 6.46. The van der Waals surface area contributed by atoms with Gasteiger partial charge >= 0.3 is 0 Å². The van der Waals surface area contributed by atoms with Crippen LogP contribution in [0.15, 0.2) is 36.0 Å². The van der Waals surface area contributed by atoms with Gasteiger partial charge in [0.1, 0.15) is 0 Å². The van der Waals surface area contributed by atoms with E-state index in [1.807, 2.05) is 48.2 Å². The van der Waals surface area contributed by atoms with Crippen LogP contribution in [-0.4, -0.2) is 27.7 Å². The lowest BCUT2D eigenvalue weighted by Crippen LogP contribution is -2.36. The second kappa shape index (κ2) is 6.84. The molecule has 2 N–H and O–H groups in total. The average molecular weight is 342 g/mol. The van der Waals surface area contributed by atoms with E-state index in [0.29, 0.717) is 12.1 Å². The number of rotatable bonds is 5. The Kier molecular flexibility index (Phi) is 4.61. The van der Waals surface area contributed by atoms with Crippen molar-refractivity contribution in [2.45, 2.75) is 20.4 Å². The molecule has 124 valence electrons. The molecule has 1 aromatic carbocycles. The molecule has 0 aliphatic heterocycles. The molecule has 2 heterocycles. The average Bonchev–Trinajstić information content (AvgIpc) is 3.14. The molecule has 0 saturated carbocycles. The van der Waals surface area contributed by atoms with E-state index >= 15 is 0 Å². The summed E-state index contributed by atoms with van der Waals surface area (Å²) >= 11 is 1.54. The van der Waals surface area contributed by atoms with Crippen molar-refractivity contribution in [2.24, 2.45) is 0 Å². The highest BCUT2D eigenvalue weighted by molar-refractivity contribution is 7.15. The largest absolute Gasteiger partial charge is 0.349 e. The monoisotopic (exact) mass is 342 g/mol. The van der Waals surface area contributed by atoms with Crippen LogP contribution in [0, 0.1) is 13.8 Å². The molecule has 0 radical (unpaired) electrons. The highest BCUT2D eigenvalue weighted by Crippen LogP contribution is 2.11. The molecule has 0 bridgehead atoms. The van der Waals surface area contributed by atoms with Crippen LogP contribution in [0.5, 0.6) is 0 Å². The first-order valence-electron chi connectivity index (χ1n) is 7.56. The summed E-state index contributed by atoms with van der Waals surface area (Å²) in [7, 11) is 0. The normalized spacial score (nSPS) is 10.8. The number of benzene rings is 1. The fourth-order valence-electron chi connectivity index (χ4n) is 2.26. The molecular weight excluding hydrogens is 324 g/mol. The maximum absolute atomic E-state index is 12.1. The third-order valence-electron chi connectivity index (χ3n) is 3.79. The molecule has 2 aromatic heterocycles. The molecule has 0 unspecified atom stereocenters. The van der Waals surface area contributed by atoms with Gasteiger partial charge in [-0.25, -0.2) is 4.98 Å². The molecule has 0 fully saturated rings. The lowest BCUT2D eigenvalue weighted by Gasteiger charge is -2.07. The van der Waals surface area contributed by atoms with Crippen LogP contribution in [0.3, 0.4) is 0 Å². The van der Waals surface area contributed by atoms with Crippen molar-refractivity contribution in [3.05, 3.63) is 58.4 Å². The van der Waals surface area contributed by atoms with Gasteiger partial charge in [0.25, 0.3) is 5.91 Å². The SMILES string of the molecule is Cc1ccc(C(=O)NCC(=O)NCc2cn3ccsc3n2)cc1C. The third kappa shape index (κ3) is 3.62. The van der Waals surface area contributed by atoms with Gasteiger partial charge in [-0.1, -0.05) is 6.07 Å². The molecular formula is C17H18N4O2S. The lowest BCUT2D eigenvalue weighted by molar-refractivity contribution is -0.120. The minimum Gasteiger partial charge on any atom is -0.349 e. The van der Waals surface area contributed by atoms with Gasteiger partial charge in [0.2, 0.25) is 5.91 Å². The molecule has 7 heteroatoms. The Hall–Kier alpha value is -2.67. The Balaban J connectivity index is 1.48. The standard InChI is InChI=1S/C17H18N4O2S/c1-11-3-4-13(7-12(11)2)16(23)19-9-15(22)18-8-14-10-21-5-6-24-17(21)20-14/h3-7,10H,8-9H2,1-2H3,(H,18,22)(H,19,23). The summed E-state index contributed by atoms with van der Waals surface area (Å²) < 4.78 is 1.91. The van der Waals surface area contributed by atoms with E-state index in [9.17, 15) is 9.59 Å².